The Bertz CT molecular complexity index is 488. The van der Waals surface area contributed by atoms with E-state index in [2.05, 4.69) is 17.9 Å². The van der Waals surface area contributed by atoms with E-state index in [0.29, 0.717) is 6.54 Å². The lowest BCUT2D eigenvalue weighted by Gasteiger charge is -2.25. The van der Waals surface area contributed by atoms with Crippen LogP contribution in [0.3, 0.4) is 0 Å². The van der Waals surface area contributed by atoms with Crippen molar-refractivity contribution < 1.29 is 4.79 Å². The Morgan fingerprint density at radius 1 is 1.42 bits per heavy atom. The molecule has 2 aliphatic heterocycles. The highest BCUT2D eigenvalue weighted by molar-refractivity contribution is 5.97. The van der Waals surface area contributed by atoms with Crippen LogP contribution in [0.25, 0.3) is 0 Å². The molecule has 2 aliphatic rings. The van der Waals surface area contributed by atoms with Gasteiger partial charge >= 0.3 is 0 Å². The van der Waals surface area contributed by atoms with Crippen molar-refractivity contribution in [3.8, 4) is 0 Å². The highest BCUT2D eigenvalue weighted by atomic mass is 16.2. The average Bonchev–Trinajstić information content (AvgIpc) is 2.91. The summed E-state index contributed by atoms with van der Waals surface area (Å²) in [6, 6.07) is 8.71. The van der Waals surface area contributed by atoms with Gasteiger partial charge in [-0.2, -0.15) is 0 Å². The zero-order valence-corrected chi connectivity index (χ0v) is 11.4. The standard InChI is InChI=1S/C15H21N3O/c1-11-8-12-4-2-3-5-14(12)18(11)15(19)10-17-7-6-13(16)9-17/h2-5,11,13H,6-10,16H2,1H3/t11?,13-/m0/s1. The molecule has 0 spiro atoms. The van der Waals surface area contributed by atoms with E-state index in [4.69, 9.17) is 5.73 Å². The van der Waals surface area contributed by atoms with Gasteiger partial charge in [0.1, 0.15) is 0 Å². The maximum absolute atomic E-state index is 12.5. The summed E-state index contributed by atoms with van der Waals surface area (Å²) in [6.07, 6.45) is 1.96. The number of carbonyl (C=O) groups is 1. The Hall–Kier alpha value is -1.39. The molecule has 2 heterocycles. The zero-order chi connectivity index (χ0) is 13.4. The molecule has 4 heteroatoms. The minimum atomic E-state index is 0.201. The summed E-state index contributed by atoms with van der Waals surface area (Å²) in [4.78, 5) is 16.6. The van der Waals surface area contributed by atoms with Crippen molar-refractivity contribution >= 4 is 11.6 Å². The number of para-hydroxylation sites is 1. The third-order valence-electron chi connectivity index (χ3n) is 4.14. The lowest BCUT2D eigenvalue weighted by atomic mass is 10.1. The Balaban J connectivity index is 1.73. The Labute approximate surface area is 114 Å². The van der Waals surface area contributed by atoms with Crippen molar-refractivity contribution in [2.45, 2.75) is 31.8 Å². The summed E-state index contributed by atoms with van der Waals surface area (Å²) in [5, 5.41) is 0. The number of benzene rings is 1. The number of fused-ring (bicyclic) bond motifs is 1. The van der Waals surface area contributed by atoms with Gasteiger partial charge in [-0.1, -0.05) is 18.2 Å². The van der Waals surface area contributed by atoms with Crippen LogP contribution in [-0.2, 0) is 11.2 Å². The molecule has 4 nitrogen and oxygen atoms in total. The number of hydrogen-bond acceptors (Lipinski definition) is 3. The molecule has 1 amide bonds. The first-order chi connectivity index (χ1) is 9.15. The van der Waals surface area contributed by atoms with E-state index in [-0.39, 0.29) is 18.0 Å². The quantitative estimate of drug-likeness (QED) is 0.862. The van der Waals surface area contributed by atoms with E-state index >= 15 is 0 Å². The number of anilines is 1. The Morgan fingerprint density at radius 3 is 2.95 bits per heavy atom. The molecule has 0 saturated carbocycles. The molecule has 0 aromatic heterocycles. The summed E-state index contributed by atoms with van der Waals surface area (Å²) >= 11 is 0. The van der Waals surface area contributed by atoms with E-state index in [0.717, 1.165) is 31.6 Å². The van der Waals surface area contributed by atoms with Crippen LogP contribution in [0.2, 0.25) is 0 Å². The van der Waals surface area contributed by atoms with Crippen molar-refractivity contribution in [1.29, 1.82) is 0 Å². The van der Waals surface area contributed by atoms with Crippen molar-refractivity contribution in [2.24, 2.45) is 5.73 Å². The van der Waals surface area contributed by atoms with Gasteiger partial charge in [0.15, 0.2) is 0 Å². The van der Waals surface area contributed by atoms with Gasteiger partial charge in [-0.15, -0.1) is 0 Å². The monoisotopic (exact) mass is 259 g/mol. The highest BCUT2D eigenvalue weighted by Gasteiger charge is 2.32. The normalized spacial score (nSPS) is 26.7. The largest absolute Gasteiger partial charge is 0.326 e. The van der Waals surface area contributed by atoms with Crippen LogP contribution >= 0.6 is 0 Å². The molecule has 0 radical (unpaired) electrons. The van der Waals surface area contributed by atoms with E-state index in [1.807, 2.05) is 23.1 Å². The Morgan fingerprint density at radius 2 is 2.21 bits per heavy atom. The molecule has 1 aromatic carbocycles. The minimum absolute atomic E-state index is 0.201. The van der Waals surface area contributed by atoms with E-state index in [1.165, 1.54) is 5.56 Å². The Kier molecular flexibility index (Phi) is 3.29. The molecule has 1 aromatic rings. The first kappa shape index (κ1) is 12.6. The third kappa shape index (κ3) is 2.38. The number of carbonyl (C=O) groups excluding carboxylic acids is 1. The van der Waals surface area contributed by atoms with Crippen molar-refractivity contribution in [1.82, 2.24) is 4.90 Å². The number of nitrogens with two attached hydrogens (primary N) is 1. The van der Waals surface area contributed by atoms with Gasteiger partial charge in [0.25, 0.3) is 0 Å². The second kappa shape index (κ2) is 4.94. The number of rotatable bonds is 2. The summed E-state index contributed by atoms with van der Waals surface area (Å²) in [5.74, 6) is 0.201. The molecular weight excluding hydrogens is 238 g/mol. The van der Waals surface area contributed by atoms with E-state index in [1.54, 1.807) is 0 Å². The van der Waals surface area contributed by atoms with Gasteiger partial charge in [-0.3, -0.25) is 9.69 Å². The topological polar surface area (TPSA) is 49.6 Å². The van der Waals surface area contributed by atoms with Crippen LogP contribution in [-0.4, -0.2) is 42.5 Å². The molecule has 1 saturated heterocycles. The van der Waals surface area contributed by atoms with Crippen molar-refractivity contribution in [2.75, 3.05) is 24.5 Å². The summed E-state index contributed by atoms with van der Waals surface area (Å²) in [5.41, 5.74) is 8.26. The molecule has 0 bridgehead atoms. The van der Waals surface area contributed by atoms with Gasteiger partial charge in [-0.05, 0) is 31.4 Å². The molecule has 2 atom stereocenters. The summed E-state index contributed by atoms with van der Waals surface area (Å²) in [7, 11) is 0. The molecule has 19 heavy (non-hydrogen) atoms. The van der Waals surface area contributed by atoms with Gasteiger partial charge < -0.3 is 10.6 Å². The smallest absolute Gasteiger partial charge is 0.241 e. The van der Waals surface area contributed by atoms with Crippen LogP contribution in [0, 0.1) is 0 Å². The van der Waals surface area contributed by atoms with Gasteiger partial charge in [0, 0.05) is 30.9 Å². The van der Waals surface area contributed by atoms with Crippen LogP contribution in [0.1, 0.15) is 18.9 Å². The SMILES string of the molecule is CC1Cc2ccccc2N1C(=O)CN1CC[C@H](N)C1. The van der Waals surface area contributed by atoms with Crippen LogP contribution in [0.15, 0.2) is 24.3 Å². The second-order valence-electron chi connectivity index (χ2n) is 5.73. The van der Waals surface area contributed by atoms with Crippen LogP contribution in [0.5, 0.6) is 0 Å². The molecule has 1 fully saturated rings. The number of hydrogen-bond donors (Lipinski definition) is 1. The summed E-state index contributed by atoms with van der Waals surface area (Å²) < 4.78 is 0. The molecule has 2 N–H and O–H groups in total. The van der Waals surface area contributed by atoms with Crippen molar-refractivity contribution in [3.05, 3.63) is 29.8 Å². The maximum Gasteiger partial charge on any atom is 0.241 e. The lowest BCUT2D eigenvalue weighted by molar-refractivity contribution is -0.119. The fraction of sp³-hybridized carbons (Fsp3) is 0.533. The number of amides is 1. The first-order valence-electron chi connectivity index (χ1n) is 7.03. The zero-order valence-electron chi connectivity index (χ0n) is 11.4. The highest BCUT2D eigenvalue weighted by Crippen LogP contribution is 2.31. The predicted molar refractivity (Wildman–Crippen MR) is 76.1 cm³/mol. The van der Waals surface area contributed by atoms with Gasteiger partial charge in [0.05, 0.1) is 6.54 Å². The molecule has 0 aliphatic carbocycles. The maximum atomic E-state index is 12.5. The minimum Gasteiger partial charge on any atom is -0.326 e. The first-order valence-corrected chi connectivity index (χ1v) is 7.03. The third-order valence-corrected chi connectivity index (χ3v) is 4.14. The van der Waals surface area contributed by atoms with E-state index in [9.17, 15) is 4.79 Å². The fourth-order valence-electron chi connectivity index (χ4n) is 3.22. The average molecular weight is 259 g/mol. The lowest BCUT2D eigenvalue weighted by Crippen LogP contribution is -2.43. The predicted octanol–water partition coefficient (Wildman–Crippen LogP) is 0.997. The number of nitrogens with zero attached hydrogens (tertiary/aromatic N) is 2. The van der Waals surface area contributed by atoms with Gasteiger partial charge in [-0.25, -0.2) is 0 Å². The van der Waals surface area contributed by atoms with Gasteiger partial charge in [0.2, 0.25) is 5.91 Å². The van der Waals surface area contributed by atoms with Crippen molar-refractivity contribution in [3.63, 3.8) is 0 Å². The second-order valence-corrected chi connectivity index (χ2v) is 5.73. The summed E-state index contributed by atoms with van der Waals surface area (Å²) in [6.45, 7) is 4.40. The fourth-order valence-corrected chi connectivity index (χ4v) is 3.22. The molecular formula is C15H21N3O. The molecule has 3 rings (SSSR count). The molecule has 1 unspecified atom stereocenters. The number of likely N-dealkylation sites (tertiary alicyclic amines) is 1. The van der Waals surface area contributed by atoms with E-state index < -0.39 is 0 Å². The molecule has 102 valence electrons. The van der Waals surface area contributed by atoms with Crippen LogP contribution < -0.4 is 10.6 Å². The van der Waals surface area contributed by atoms with Crippen LogP contribution in [0.4, 0.5) is 5.69 Å².